The molecule has 0 unspecified atom stereocenters. The number of aromatic hydroxyl groups is 1. The Morgan fingerprint density at radius 2 is 1.56 bits per heavy atom. The molecule has 6 nitrogen and oxygen atoms in total. The van der Waals surface area contributed by atoms with Gasteiger partial charge in [-0.25, -0.2) is 9.59 Å². The SMILES string of the molecule is COC(=O)c1cc(N)c(O)cc1C(=O)OC. The highest BCUT2D eigenvalue weighted by atomic mass is 16.5. The molecule has 0 saturated heterocycles. The predicted molar refractivity (Wildman–Crippen MR) is 55.2 cm³/mol. The fourth-order valence-electron chi connectivity index (χ4n) is 1.16. The van der Waals surface area contributed by atoms with E-state index in [2.05, 4.69) is 9.47 Å². The molecule has 0 aliphatic heterocycles. The zero-order chi connectivity index (χ0) is 12.3. The number of anilines is 1. The van der Waals surface area contributed by atoms with Gasteiger partial charge in [0.25, 0.3) is 0 Å². The first-order chi connectivity index (χ1) is 7.51. The highest BCUT2D eigenvalue weighted by molar-refractivity contribution is 6.04. The highest BCUT2D eigenvalue weighted by Gasteiger charge is 2.20. The molecule has 0 fully saturated rings. The molecule has 0 aliphatic carbocycles. The van der Waals surface area contributed by atoms with Crippen LogP contribution in [0.4, 0.5) is 5.69 Å². The number of nitrogen functional groups attached to an aromatic ring is 1. The first-order valence-corrected chi connectivity index (χ1v) is 4.30. The maximum Gasteiger partial charge on any atom is 0.338 e. The summed E-state index contributed by atoms with van der Waals surface area (Å²) in [7, 11) is 2.34. The Balaban J connectivity index is 3.38. The van der Waals surface area contributed by atoms with E-state index in [0.29, 0.717) is 0 Å². The molecule has 1 rings (SSSR count). The van der Waals surface area contributed by atoms with Gasteiger partial charge in [-0.15, -0.1) is 0 Å². The molecule has 0 amide bonds. The van der Waals surface area contributed by atoms with Crippen LogP contribution in [0.5, 0.6) is 5.75 Å². The van der Waals surface area contributed by atoms with Crippen molar-refractivity contribution in [2.24, 2.45) is 0 Å². The molecule has 0 atom stereocenters. The second-order valence-corrected chi connectivity index (χ2v) is 2.94. The van der Waals surface area contributed by atoms with Crippen LogP contribution in [-0.4, -0.2) is 31.3 Å². The summed E-state index contributed by atoms with van der Waals surface area (Å²) in [4.78, 5) is 22.7. The Kier molecular flexibility index (Phi) is 3.34. The lowest BCUT2D eigenvalue weighted by molar-refractivity contribution is 0.0555. The average Bonchev–Trinajstić information content (AvgIpc) is 2.30. The molecule has 1 aromatic rings. The van der Waals surface area contributed by atoms with Crippen LogP contribution in [0.15, 0.2) is 12.1 Å². The van der Waals surface area contributed by atoms with E-state index in [1.54, 1.807) is 0 Å². The lowest BCUT2D eigenvalue weighted by atomic mass is 10.1. The average molecular weight is 225 g/mol. The molecule has 0 bridgehead atoms. The zero-order valence-corrected chi connectivity index (χ0v) is 8.81. The normalized spacial score (nSPS) is 9.62. The van der Waals surface area contributed by atoms with Gasteiger partial charge in [-0.2, -0.15) is 0 Å². The van der Waals surface area contributed by atoms with E-state index in [1.807, 2.05) is 0 Å². The molecular weight excluding hydrogens is 214 g/mol. The lowest BCUT2D eigenvalue weighted by Crippen LogP contribution is -2.12. The number of hydrogen-bond acceptors (Lipinski definition) is 6. The zero-order valence-electron chi connectivity index (χ0n) is 8.81. The molecular formula is C10H11NO5. The Morgan fingerprint density at radius 1 is 1.12 bits per heavy atom. The van der Waals surface area contributed by atoms with Gasteiger partial charge >= 0.3 is 11.9 Å². The predicted octanol–water partition coefficient (Wildman–Crippen LogP) is 0.548. The van der Waals surface area contributed by atoms with Crippen LogP contribution in [0.3, 0.4) is 0 Å². The number of carbonyl (C=O) groups excluding carboxylic acids is 2. The number of esters is 2. The summed E-state index contributed by atoms with van der Waals surface area (Å²) in [6, 6.07) is 2.22. The minimum Gasteiger partial charge on any atom is -0.506 e. The number of benzene rings is 1. The summed E-state index contributed by atoms with van der Waals surface area (Å²) < 4.78 is 8.95. The van der Waals surface area contributed by atoms with Crippen LogP contribution in [0.25, 0.3) is 0 Å². The Hall–Kier alpha value is -2.24. The quantitative estimate of drug-likeness (QED) is 0.433. The van der Waals surface area contributed by atoms with Gasteiger partial charge in [0.15, 0.2) is 0 Å². The van der Waals surface area contributed by atoms with Gasteiger partial charge < -0.3 is 20.3 Å². The standard InChI is InChI=1S/C10H11NO5/c1-15-9(13)5-3-7(11)8(12)4-6(5)10(14)16-2/h3-4,12H,11H2,1-2H3. The maximum absolute atomic E-state index is 11.4. The number of hydrogen-bond donors (Lipinski definition) is 2. The molecule has 6 heteroatoms. The van der Waals surface area contributed by atoms with Crippen LogP contribution in [-0.2, 0) is 9.47 Å². The van der Waals surface area contributed by atoms with Gasteiger partial charge in [-0.1, -0.05) is 0 Å². The number of methoxy groups -OCH3 is 2. The summed E-state index contributed by atoms with van der Waals surface area (Å²) in [5.41, 5.74) is 5.25. The molecule has 0 heterocycles. The third-order valence-corrected chi connectivity index (χ3v) is 1.98. The van der Waals surface area contributed by atoms with Gasteiger partial charge in [0.2, 0.25) is 0 Å². The summed E-state index contributed by atoms with van der Waals surface area (Å²) in [6.07, 6.45) is 0. The second-order valence-electron chi connectivity index (χ2n) is 2.94. The number of carbonyl (C=O) groups is 2. The monoisotopic (exact) mass is 225 g/mol. The number of phenols is 1. The van der Waals surface area contributed by atoms with E-state index in [9.17, 15) is 14.7 Å². The van der Waals surface area contributed by atoms with Crippen LogP contribution >= 0.6 is 0 Å². The Labute approximate surface area is 91.6 Å². The van der Waals surface area contributed by atoms with Crippen LogP contribution in [0, 0.1) is 0 Å². The minimum atomic E-state index is -0.754. The number of nitrogens with two attached hydrogens (primary N) is 1. The van der Waals surface area contributed by atoms with Crippen LogP contribution in [0.2, 0.25) is 0 Å². The van der Waals surface area contributed by atoms with E-state index in [-0.39, 0.29) is 22.6 Å². The molecule has 3 N–H and O–H groups in total. The van der Waals surface area contributed by atoms with Crippen molar-refractivity contribution in [2.75, 3.05) is 20.0 Å². The molecule has 0 radical (unpaired) electrons. The molecule has 86 valence electrons. The topological polar surface area (TPSA) is 98.9 Å². The second kappa shape index (κ2) is 4.52. The summed E-state index contributed by atoms with van der Waals surface area (Å²) in [6.45, 7) is 0. The fraction of sp³-hybridized carbons (Fsp3) is 0.200. The first-order valence-electron chi connectivity index (χ1n) is 4.30. The Bertz CT molecular complexity index is 400. The van der Waals surface area contributed by atoms with Crippen LogP contribution in [0.1, 0.15) is 20.7 Å². The smallest absolute Gasteiger partial charge is 0.338 e. The van der Waals surface area contributed by atoms with Crippen molar-refractivity contribution in [2.45, 2.75) is 0 Å². The van der Waals surface area contributed by atoms with Gasteiger partial charge in [0.1, 0.15) is 5.75 Å². The van der Waals surface area contributed by atoms with Crippen molar-refractivity contribution in [1.29, 1.82) is 0 Å². The summed E-state index contributed by atoms with van der Waals surface area (Å²) in [5, 5.41) is 9.34. The summed E-state index contributed by atoms with van der Waals surface area (Å²) in [5.74, 6) is -1.78. The van der Waals surface area contributed by atoms with Gasteiger partial charge in [-0.05, 0) is 12.1 Å². The van der Waals surface area contributed by atoms with Crippen LogP contribution < -0.4 is 5.73 Å². The number of rotatable bonds is 2. The molecule has 0 aromatic heterocycles. The van der Waals surface area contributed by atoms with Crippen molar-refractivity contribution >= 4 is 17.6 Å². The van der Waals surface area contributed by atoms with E-state index in [4.69, 9.17) is 5.73 Å². The van der Waals surface area contributed by atoms with E-state index in [1.165, 1.54) is 7.11 Å². The molecule has 0 spiro atoms. The van der Waals surface area contributed by atoms with E-state index < -0.39 is 11.9 Å². The van der Waals surface area contributed by atoms with Gasteiger partial charge in [-0.3, -0.25) is 0 Å². The lowest BCUT2D eigenvalue weighted by Gasteiger charge is -2.08. The molecule has 0 aliphatic rings. The van der Waals surface area contributed by atoms with E-state index >= 15 is 0 Å². The van der Waals surface area contributed by atoms with Crippen molar-refractivity contribution < 1.29 is 24.2 Å². The van der Waals surface area contributed by atoms with Crippen molar-refractivity contribution in [1.82, 2.24) is 0 Å². The highest BCUT2D eigenvalue weighted by Crippen LogP contribution is 2.25. The van der Waals surface area contributed by atoms with E-state index in [0.717, 1.165) is 19.2 Å². The third-order valence-electron chi connectivity index (χ3n) is 1.98. The van der Waals surface area contributed by atoms with Crippen molar-refractivity contribution in [3.05, 3.63) is 23.3 Å². The van der Waals surface area contributed by atoms with Gasteiger partial charge in [0.05, 0.1) is 31.0 Å². The van der Waals surface area contributed by atoms with Gasteiger partial charge in [0, 0.05) is 0 Å². The largest absolute Gasteiger partial charge is 0.506 e. The third kappa shape index (κ3) is 2.05. The maximum atomic E-state index is 11.4. The number of phenolic OH excluding ortho intramolecular Hbond substituents is 1. The molecule has 16 heavy (non-hydrogen) atoms. The van der Waals surface area contributed by atoms with Crippen molar-refractivity contribution in [3.63, 3.8) is 0 Å². The number of ether oxygens (including phenoxy) is 2. The minimum absolute atomic E-state index is 0.0203. The molecule has 1 aromatic carbocycles. The molecule has 0 saturated carbocycles. The fourth-order valence-corrected chi connectivity index (χ4v) is 1.16. The summed E-state index contributed by atoms with van der Waals surface area (Å²) >= 11 is 0. The Morgan fingerprint density at radius 3 is 2.00 bits per heavy atom. The first kappa shape index (κ1) is 11.8. The van der Waals surface area contributed by atoms with Crippen molar-refractivity contribution in [3.8, 4) is 5.75 Å².